The molecule has 0 aromatic heterocycles. The van der Waals surface area contributed by atoms with Crippen LogP contribution < -0.4 is 0 Å². The molecule has 0 unspecified atom stereocenters. The zero-order valence-corrected chi connectivity index (χ0v) is 29.0. The Kier molecular flexibility index (Phi) is 9.10. The van der Waals surface area contributed by atoms with E-state index in [1.54, 1.807) is 0 Å². The maximum Gasteiger partial charge on any atom is 0.310 e. The number of allylic oxidation sites excluding steroid dienone is 1. The Morgan fingerprint density at radius 2 is 1.50 bits per heavy atom. The van der Waals surface area contributed by atoms with Gasteiger partial charge in [-0.1, -0.05) is 46.3 Å². The number of carboxylic acid groups (broad SMARTS) is 1. The normalized spacial score (nSPS) is 52.6. The van der Waals surface area contributed by atoms with Crippen LogP contribution in [0.3, 0.4) is 0 Å². The fourth-order valence-corrected chi connectivity index (χ4v) is 12.5. The van der Waals surface area contributed by atoms with Gasteiger partial charge in [0.25, 0.3) is 0 Å². The summed E-state index contributed by atoms with van der Waals surface area (Å²) < 4.78 is 11.9. The van der Waals surface area contributed by atoms with Gasteiger partial charge in [0.05, 0.1) is 43.5 Å². The van der Waals surface area contributed by atoms with E-state index in [1.807, 2.05) is 13.0 Å². The minimum absolute atomic E-state index is 0.0598. The van der Waals surface area contributed by atoms with E-state index in [0.29, 0.717) is 32.1 Å². The Bertz CT molecular complexity index is 1280. The van der Waals surface area contributed by atoms with E-state index in [2.05, 4.69) is 27.7 Å². The second-order valence-corrected chi connectivity index (χ2v) is 17.9. The Balaban J connectivity index is 1.39. The molecule has 274 valence electrons. The van der Waals surface area contributed by atoms with Gasteiger partial charge in [0.15, 0.2) is 6.29 Å². The van der Waals surface area contributed by atoms with Crippen molar-refractivity contribution in [3.63, 3.8) is 0 Å². The highest BCUT2D eigenvalue weighted by molar-refractivity contribution is 5.76. The highest BCUT2D eigenvalue weighted by atomic mass is 16.7. The van der Waals surface area contributed by atoms with Gasteiger partial charge in [0.2, 0.25) is 0 Å². The van der Waals surface area contributed by atoms with Gasteiger partial charge in [-0.2, -0.15) is 0 Å². The van der Waals surface area contributed by atoms with Crippen LogP contribution in [0.15, 0.2) is 11.6 Å². The van der Waals surface area contributed by atoms with Crippen molar-refractivity contribution >= 4 is 5.97 Å². The Morgan fingerprint density at radius 1 is 0.854 bits per heavy atom. The Labute approximate surface area is 282 Å². The molecule has 15 atom stereocenters. The van der Waals surface area contributed by atoms with Crippen molar-refractivity contribution in [2.75, 3.05) is 19.8 Å². The SMILES string of the molecule is CC1(C)CC[C@]2(C(=O)O)CC[C@]3(C)C(=C[C@H](O)[C@@H]4[C@@]5(C)CC[C@H](O[C@@H]6O[C@H](CO)[C@@H](O)[C@H](O)[C@H]6O)C(CO)(CO)[C@@H]5[C@H](O)C[C@]43C)[C@@H]2C1. The maximum atomic E-state index is 13.0. The van der Waals surface area contributed by atoms with Gasteiger partial charge in [-0.25, -0.2) is 0 Å². The number of fused-ring (bicyclic) bond motifs is 7. The van der Waals surface area contributed by atoms with Crippen LogP contribution in [0.1, 0.15) is 86.0 Å². The molecular formula is C36H58O12. The highest BCUT2D eigenvalue weighted by Gasteiger charge is 2.74. The average molecular weight is 683 g/mol. The Hall–Kier alpha value is -1.19. The first-order valence-corrected chi connectivity index (χ1v) is 17.8. The zero-order valence-electron chi connectivity index (χ0n) is 29.0. The van der Waals surface area contributed by atoms with Crippen LogP contribution in [0.5, 0.6) is 0 Å². The van der Waals surface area contributed by atoms with Crippen LogP contribution in [0, 0.1) is 50.2 Å². The lowest BCUT2D eigenvalue weighted by atomic mass is 9.32. The number of hydrogen-bond acceptors (Lipinski definition) is 11. The van der Waals surface area contributed by atoms with Gasteiger partial charge in [-0.05, 0) is 78.9 Å². The molecule has 5 fully saturated rings. The van der Waals surface area contributed by atoms with Crippen molar-refractivity contribution in [3.05, 3.63) is 11.6 Å². The molecule has 0 aromatic carbocycles. The lowest BCUT2D eigenvalue weighted by Crippen LogP contribution is -2.73. The molecule has 9 N–H and O–H groups in total. The van der Waals surface area contributed by atoms with Crippen molar-refractivity contribution in [1.29, 1.82) is 0 Å². The Morgan fingerprint density at radius 3 is 2.10 bits per heavy atom. The molecule has 0 spiro atoms. The molecule has 48 heavy (non-hydrogen) atoms. The smallest absolute Gasteiger partial charge is 0.310 e. The fraction of sp³-hybridized carbons (Fsp3) is 0.917. The number of rotatable bonds is 6. The molecule has 12 heteroatoms. The van der Waals surface area contributed by atoms with Gasteiger partial charge in [-0.3, -0.25) is 4.79 Å². The monoisotopic (exact) mass is 682 g/mol. The zero-order chi connectivity index (χ0) is 35.4. The van der Waals surface area contributed by atoms with Crippen LogP contribution in [-0.4, -0.2) is 121 Å². The van der Waals surface area contributed by atoms with Gasteiger partial charge in [0.1, 0.15) is 24.4 Å². The van der Waals surface area contributed by atoms with E-state index in [9.17, 15) is 50.8 Å². The average Bonchev–Trinajstić information content (AvgIpc) is 3.02. The van der Waals surface area contributed by atoms with E-state index in [4.69, 9.17) is 9.47 Å². The largest absolute Gasteiger partial charge is 0.481 e. The maximum absolute atomic E-state index is 13.0. The molecule has 1 heterocycles. The van der Waals surface area contributed by atoms with E-state index in [0.717, 1.165) is 12.0 Å². The molecular weight excluding hydrogens is 624 g/mol. The summed E-state index contributed by atoms with van der Waals surface area (Å²) in [6, 6.07) is 0. The molecule has 0 bridgehead atoms. The second kappa shape index (κ2) is 11.9. The lowest BCUT2D eigenvalue weighted by Gasteiger charge is -2.73. The molecule has 6 rings (SSSR count). The van der Waals surface area contributed by atoms with Crippen molar-refractivity contribution in [2.24, 2.45) is 50.2 Å². The van der Waals surface area contributed by atoms with Gasteiger partial charge in [-0.15, -0.1) is 0 Å². The minimum atomic E-state index is -1.68. The van der Waals surface area contributed by atoms with E-state index >= 15 is 0 Å². The quantitative estimate of drug-likeness (QED) is 0.141. The predicted octanol–water partition coefficient (Wildman–Crippen LogP) is 0.944. The van der Waals surface area contributed by atoms with Crippen molar-refractivity contribution in [1.82, 2.24) is 0 Å². The lowest BCUT2D eigenvalue weighted by molar-refractivity contribution is -0.344. The summed E-state index contributed by atoms with van der Waals surface area (Å²) in [5.41, 5.74) is -3.41. The van der Waals surface area contributed by atoms with Crippen molar-refractivity contribution < 1.29 is 60.2 Å². The summed E-state index contributed by atoms with van der Waals surface area (Å²) >= 11 is 0. The summed E-state index contributed by atoms with van der Waals surface area (Å²) in [5, 5.41) is 98.4. The number of carboxylic acids is 1. The number of aliphatic carboxylic acids is 1. The van der Waals surface area contributed by atoms with E-state index in [-0.39, 0.29) is 24.2 Å². The third-order valence-electron chi connectivity index (χ3n) is 15.2. The first-order chi connectivity index (χ1) is 22.3. The number of aliphatic hydroxyl groups excluding tert-OH is 8. The summed E-state index contributed by atoms with van der Waals surface area (Å²) in [6.07, 6.45) is -4.54. The molecule has 1 saturated heterocycles. The molecule has 0 aromatic rings. The molecule has 5 aliphatic carbocycles. The molecule has 0 radical (unpaired) electrons. The van der Waals surface area contributed by atoms with Crippen LogP contribution in [-0.2, 0) is 14.3 Å². The summed E-state index contributed by atoms with van der Waals surface area (Å²) in [4.78, 5) is 13.0. The van der Waals surface area contributed by atoms with Gasteiger partial charge in [0, 0.05) is 17.3 Å². The van der Waals surface area contributed by atoms with Gasteiger partial charge < -0.3 is 55.4 Å². The molecule has 0 amide bonds. The standard InChI is InChI=1S/C36H58O12/c1-31(2)8-10-35(30(45)46)11-9-33(4)18(19(35)13-31)12-20(40)27-32(3)7-6-23(48-29-26(44)25(43)24(42)22(15-37)47-29)36(16-38,17-39)28(32)21(41)14-34(27,33)5/h12,19-29,37-44H,6-11,13-17H2,1-5H3,(H,45,46)/t19-,20-,21+,22+,23-,24+,25-,26+,27+,28+,29-,32+,33+,34+,35-/m0/s1. The summed E-state index contributed by atoms with van der Waals surface area (Å²) in [7, 11) is 0. The van der Waals surface area contributed by atoms with Crippen molar-refractivity contribution in [3.8, 4) is 0 Å². The molecule has 12 nitrogen and oxygen atoms in total. The topological polar surface area (TPSA) is 218 Å². The van der Waals surface area contributed by atoms with Crippen LogP contribution >= 0.6 is 0 Å². The van der Waals surface area contributed by atoms with Crippen LogP contribution in [0.4, 0.5) is 0 Å². The summed E-state index contributed by atoms with van der Waals surface area (Å²) in [6.45, 7) is 8.86. The number of aliphatic hydroxyl groups is 8. The minimum Gasteiger partial charge on any atom is -0.481 e. The van der Waals surface area contributed by atoms with E-state index < -0.39 is 114 Å². The predicted molar refractivity (Wildman–Crippen MR) is 171 cm³/mol. The van der Waals surface area contributed by atoms with Crippen molar-refractivity contribution in [2.45, 2.75) is 135 Å². The number of carbonyl (C=O) groups is 1. The first kappa shape index (κ1) is 36.6. The first-order valence-electron chi connectivity index (χ1n) is 17.8. The summed E-state index contributed by atoms with van der Waals surface area (Å²) in [5.74, 6) is -2.20. The molecule has 4 saturated carbocycles. The third-order valence-corrected chi connectivity index (χ3v) is 15.2. The van der Waals surface area contributed by atoms with E-state index in [1.165, 1.54) is 0 Å². The van der Waals surface area contributed by atoms with Crippen LogP contribution in [0.2, 0.25) is 0 Å². The second-order valence-electron chi connectivity index (χ2n) is 17.9. The molecule has 1 aliphatic heterocycles. The third kappa shape index (κ3) is 4.80. The highest BCUT2D eigenvalue weighted by Crippen LogP contribution is 2.76. The number of ether oxygens (including phenoxy) is 2. The molecule has 6 aliphatic rings. The van der Waals surface area contributed by atoms with Crippen LogP contribution in [0.25, 0.3) is 0 Å². The van der Waals surface area contributed by atoms with Gasteiger partial charge >= 0.3 is 5.97 Å². The number of hydrogen-bond donors (Lipinski definition) is 9. The fourth-order valence-electron chi connectivity index (χ4n) is 12.5.